The van der Waals surface area contributed by atoms with Crippen molar-refractivity contribution in [3.63, 3.8) is 0 Å². The lowest BCUT2D eigenvalue weighted by Gasteiger charge is -2.02. The first-order chi connectivity index (χ1) is 9.92. The Labute approximate surface area is 115 Å². The molecule has 0 fully saturated rings. The Morgan fingerprint density at radius 1 is 0.700 bits per heavy atom. The van der Waals surface area contributed by atoms with E-state index >= 15 is 0 Å². The summed E-state index contributed by atoms with van der Waals surface area (Å²) in [5.41, 5.74) is 5.80. The summed E-state index contributed by atoms with van der Waals surface area (Å²) in [7, 11) is 0. The highest BCUT2D eigenvalue weighted by atomic mass is 14.9. The van der Waals surface area contributed by atoms with E-state index in [-0.39, 0.29) is 0 Å². The molecule has 3 nitrogen and oxygen atoms in total. The summed E-state index contributed by atoms with van der Waals surface area (Å²) in [5, 5.41) is 2.48. The van der Waals surface area contributed by atoms with Crippen molar-refractivity contribution in [2.24, 2.45) is 0 Å². The van der Waals surface area contributed by atoms with E-state index in [0.29, 0.717) is 5.65 Å². The van der Waals surface area contributed by atoms with Crippen LogP contribution in [-0.4, -0.2) is 15.0 Å². The molecule has 0 bridgehead atoms. The van der Waals surface area contributed by atoms with Crippen LogP contribution in [0.15, 0.2) is 54.7 Å². The van der Waals surface area contributed by atoms with E-state index in [9.17, 15) is 0 Å². The van der Waals surface area contributed by atoms with Crippen molar-refractivity contribution in [2.75, 3.05) is 0 Å². The maximum atomic E-state index is 4.77. The summed E-state index contributed by atoms with van der Waals surface area (Å²) < 4.78 is 0. The van der Waals surface area contributed by atoms with Gasteiger partial charge in [0, 0.05) is 22.7 Å². The Balaban J connectivity index is 2.02. The maximum absolute atomic E-state index is 4.77. The normalized spacial score (nSPS) is 12.0. The van der Waals surface area contributed by atoms with Crippen LogP contribution in [0, 0.1) is 0 Å². The van der Waals surface area contributed by atoms with Crippen LogP contribution in [0.1, 0.15) is 0 Å². The number of rotatable bonds is 0. The monoisotopic (exact) mass is 255 g/mol. The molecular weight excluding hydrogens is 246 g/mol. The second-order valence-corrected chi connectivity index (χ2v) is 4.98. The van der Waals surface area contributed by atoms with Gasteiger partial charge in [0.2, 0.25) is 0 Å². The van der Waals surface area contributed by atoms with Crippen molar-refractivity contribution in [2.45, 2.75) is 0 Å². The number of nitrogens with zero attached hydrogens (tertiary/aromatic N) is 3. The molecule has 5 rings (SSSR count). The van der Waals surface area contributed by atoms with E-state index in [1.54, 1.807) is 6.20 Å². The Morgan fingerprint density at radius 2 is 1.45 bits per heavy atom. The minimum atomic E-state index is 0.705. The standard InChI is InChI=1S/C17H9N3/c1-4-10-5-2-7-12-14(10)11(6-1)15-16(12)20-17-13(19-15)8-3-9-18-17/h1-9H. The van der Waals surface area contributed by atoms with Gasteiger partial charge in [-0.15, -0.1) is 0 Å². The zero-order valence-electron chi connectivity index (χ0n) is 10.5. The fourth-order valence-corrected chi connectivity index (χ4v) is 3.01. The van der Waals surface area contributed by atoms with Crippen molar-refractivity contribution in [3.05, 3.63) is 54.7 Å². The average molecular weight is 255 g/mol. The highest BCUT2D eigenvalue weighted by molar-refractivity contribution is 6.13. The van der Waals surface area contributed by atoms with Crippen molar-refractivity contribution in [1.82, 2.24) is 15.0 Å². The molecule has 1 aliphatic rings. The van der Waals surface area contributed by atoms with Crippen LogP contribution >= 0.6 is 0 Å². The Hall–Kier alpha value is -2.81. The molecular formula is C17H9N3. The third kappa shape index (κ3) is 1.12. The van der Waals surface area contributed by atoms with Crippen LogP contribution in [0.25, 0.3) is 44.5 Å². The predicted molar refractivity (Wildman–Crippen MR) is 79.3 cm³/mol. The summed E-state index contributed by atoms with van der Waals surface area (Å²) in [6.07, 6.45) is 1.76. The van der Waals surface area contributed by atoms with E-state index in [1.165, 1.54) is 16.3 Å². The fraction of sp³-hybridized carbons (Fsp3) is 0. The van der Waals surface area contributed by atoms with Gasteiger partial charge in [-0.3, -0.25) is 0 Å². The van der Waals surface area contributed by atoms with Crippen molar-refractivity contribution < 1.29 is 0 Å². The summed E-state index contributed by atoms with van der Waals surface area (Å²) in [6.45, 7) is 0. The third-order valence-corrected chi connectivity index (χ3v) is 3.86. The van der Waals surface area contributed by atoms with Crippen LogP contribution in [0.2, 0.25) is 0 Å². The van der Waals surface area contributed by atoms with Gasteiger partial charge in [-0.2, -0.15) is 0 Å². The lowest BCUT2D eigenvalue weighted by Crippen LogP contribution is -1.91. The van der Waals surface area contributed by atoms with Gasteiger partial charge in [-0.25, -0.2) is 15.0 Å². The van der Waals surface area contributed by atoms with Crippen molar-refractivity contribution in [1.29, 1.82) is 0 Å². The first-order valence-electron chi connectivity index (χ1n) is 6.57. The van der Waals surface area contributed by atoms with Crippen LogP contribution in [0.4, 0.5) is 0 Å². The maximum Gasteiger partial charge on any atom is 0.178 e. The van der Waals surface area contributed by atoms with Gasteiger partial charge in [0.1, 0.15) is 5.52 Å². The van der Waals surface area contributed by atoms with E-state index in [2.05, 4.69) is 41.4 Å². The predicted octanol–water partition coefficient (Wildman–Crippen LogP) is 3.83. The molecule has 20 heavy (non-hydrogen) atoms. The van der Waals surface area contributed by atoms with Crippen LogP contribution < -0.4 is 0 Å². The van der Waals surface area contributed by atoms with Crippen molar-refractivity contribution in [3.8, 4) is 22.5 Å². The van der Waals surface area contributed by atoms with Crippen molar-refractivity contribution >= 4 is 21.9 Å². The van der Waals surface area contributed by atoms with E-state index in [1.807, 2.05) is 12.1 Å². The topological polar surface area (TPSA) is 38.7 Å². The minimum absolute atomic E-state index is 0.705. The molecule has 3 heteroatoms. The van der Waals surface area contributed by atoms with E-state index < -0.39 is 0 Å². The quantitative estimate of drug-likeness (QED) is 0.422. The first-order valence-corrected chi connectivity index (χ1v) is 6.57. The summed E-state index contributed by atoms with van der Waals surface area (Å²) in [4.78, 5) is 13.8. The van der Waals surface area contributed by atoms with Gasteiger partial charge in [0.15, 0.2) is 5.65 Å². The molecule has 0 saturated carbocycles. The molecule has 0 atom stereocenters. The number of benzene rings is 2. The van der Waals surface area contributed by atoms with Gasteiger partial charge in [0.05, 0.1) is 11.4 Å². The highest BCUT2D eigenvalue weighted by Gasteiger charge is 2.24. The number of aromatic nitrogens is 3. The second kappa shape index (κ2) is 3.39. The smallest absolute Gasteiger partial charge is 0.178 e. The molecule has 0 amide bonds. The molecule has 0 saturated heterocycles. The van der Waals surface area contributed by atoms with Gasteiger partial charge in [-0.1, -0.05) is 36.4 Å². The highest BCUT2D eigenvalue weighted by Crippen LogP contribution is 2.45. The summed E-state index contributed by atoms with van der Waals surface area (Å²) in [6, 6.07) is 16.5. The first kappa shape index (κ1) is 10.0. The number of hydrogen-bond donors (Lipinski definition) is 0. The largest absolute Gasteiger partial charge is 0.242 e. The Morgan fingerprint density at radius 3 is 2.25 bits per heavy atom. The third-order valence-electron chi connectivity index (χ3n) is 3.86. The Kier molecular flexibility index (Phi) is 1.70. The molecule has 0 unspecified atom stereocenters. The molecule has 1 aliphatic carbocycles. The van der Waals surface area contributed by atoms with E-state index in [4.69, 9.17) is 9.97 Å². The second-order valence-electron chi connectivity index (χ2n) is 4.98. The number of fused-ring (bicyclic) bond motifs is 4. The van der Waals surface area contributed by atoms with Crippen LogP contribution in [0.3, 0.4) is 0 Å². The SMILES string of the molecule is c1cc2c3c(cccc3c1)-c1nc3ncccc3nc1-2. The molecule has 0 aliphatic heterocycles. The van der Waals surface area contributed by atoms with Gasteiger partial charge >= 0.3 is 0 Å². The van der Waals surface area contributed by atoms with Gasteiger partial charge in [0.25, 0.3) is 0 Å². The molecule has 0 N–H and O–H groups in total. The lowest BCUT2D eigenvalue weighted by molar-refractivity contribution is 1.24. The molecule has 2 aromatic carbocycles. The molecule has 0 spiro atoms. The minimum Gasteiger partial charge on any atom is -0.242 e. The lowest BCUT2D eigenvalue weighted by atomic mass is 10.0. The number of hydrogen-bond acceptors (Lipinski definition) is 3. The van der Waals surface area contributed by atoms with Crippen LogP contribution in [0.5, 0.6) is 0 Å². The molecule has 2 heterocycles. The number of pyridine rings is 1. The average Bonchev–Trinajstić information content (AvgIpc) is 2.82. The molecule has 4 aromatic rings. The Bertz CT molecular complexity index is 928. The molecule has 0 radical (unpaired) electrons. The van der Waals surface area contributed by atoms with E-state index in [0.717, 1.165) is 22.5 Å². The van der Waals surface area contributed by atoms with Crippen LogP contribution in [-0.2, 0) is 0 Å². The van der Waals surface area contributed by atoms with Gasteiger partial charge < -0.3 is 0 Å². The molecule has 2 aromatic heterocycles. The molecule has 92 valence electrons. The zero-order valence-corrected chi connectivity index (χ0v) is 10.5. The van der Waals surface area contributed by atoms with Gasteiger partial charge in [-0.05, 0) is 17.5 Å². The summed E-state index contributed by atoms with van der Waals surface area (Å²) >= 11 is 0. The summed E-state index contributed by atoms with van der Waals surface area (Å²) in [5.74, 6) is 0. The fourth-order valence-electron chi connectivity index (χ4n) is 3.01. The zero-order chi connectivity index (χ0) is 13.1.